The molecule has 0 aliphatic carbocycles. The first-order valence-corrected chi connectivity index (χ1v) is 6.25. The van der Waals surface area contributed by atoms with Crippen LogP contribution in [0, 0.1) is 21.4 Å². The van der Waals surface area contributed by atoms with Gasteiger partial charge in [0.2, 0.25) is 0 Å². The van der Waals surface area contributed by atoms with Gasteiger partial charge < -0.3 is 5.41 Å². The van der Waals surface area contributed by atoms with E-state index in [1.807, 2.05) is 6.92 Å². The summed E-state index contributed by atoms with van der Waals surface area (Å²) in [5, 5.41) is 23.4. The fraction of sp³-hybridized carbons (Fsp3) is 0.308. The van der Waals surface area contributed by atoms with Gasteiger partial charge in [0, 0.05) is 18.3 Å². The molecule has 0 aromatic heterocycles. The third kappa shape index (κ3) is 2.42. The van der Waals surface area contributed by atoms with E-state index in [0.29, 0.717) is 17.8 Å². The van der Waals surface area contributed by atoms with Gasteiger partial charge in [-0.05, 0) is 18.6 Å². The molecule has 1 aliphatic rings. The van der Waals surface area contributed by atoms with Crippen molar-refractivity contribution in [3.63, 3.8) is 0 Å². The minimum atomic E-state index is -0.620. The molecule has 0 saturated carbocycles. The van der Waals surface area contributed by atoms with Crippen LogP contribution in [0.3, 0.4) is 0 Å². The van der Waals surface area contributed by atoms with Crippen molar-refractivity contribution in [1.82, 2.24) is 0 Å². The fourth-order valence-electron chi connectivity index (χ4n) is 2.04. The van der Waals surface area contributed by atoms with E-state index >= 15 is 0 Å². The van der Waals surface area contributed by atoms with Gasteiger partial charge in [-0.2, -0.15) is 10.1 Å². The van der Waals surface area contributed by atoms with Crippen molar-refractivity contribution in [3.05, 3.63) is 34.4 Å². The number of benzene rings is 1. The van der Waals surface area contributed by atoms with Gasteiger partial charge in [0.25, 0.3) is 11.6 Å². The third-order valence-electron chi connectivity index (χ3n) is 3.04. The number of nitrogens with zero attached hydrogens (tertiary/aromatic N) is 3. The van der Waals surface area contributed by atoms with Crippen LogP contribution >= 0.6 is 0 Å². The Morgan fingerprint density at radius 1 is 1.45 bits per heavy atom. The van der Waals surface area contributed by atoms with Crippen LogP contribution in [0.5, 0.6) is 0 Å². The molecule has 20 heavy (non-hydrogen) atoms. The van der Waals surface area contributed by atoms with E-state index in [1.165, 1.54) is 29.3 Å². The van der Waals surface area contributed by atoms with E-state index in [1.54, 1.807) is 0 Å². The standard InChI is InChI=1S/C13H14N4O3/c1-2-3-12-11(8-14)13(18)16(15-12)9-4-6-10(7-5-9)17(19)20/h4-8,11,14H,2-3H2,1H3/t11-/m1/s1. The maximum Gasteiger partial charge on any atom is 0.269 e. The zero-order valence-electron chi connectivity index (χ0n) is 10.9. The Morgan fingerprint density at radius 2 is 2.10 bits per heavy atom. The summed E-state index contributed by atoms with van der Waals surface area (Å²) < 4.78 is 0. The summed E-state index contributed by atoms with van der Waals surface area (Å²) in [5.74, 6) is -0.914. The molecule has 0 radical (unpaired) electrons. The predicted octanol–water partition coefficient (Wildman–Crippen LogP) is 2.36. The summed E-state index contributed by atoms with van der Waals surface area (Å²) in [4.78, 5) is 22.3. The Hall–Kier alpha value is -2.57. The zero-order valence-corrected chi connectivity index (χ0v) is 10.9. The Bertz CT molecular complexity index is 580. The van der Waals surface area contributed by atoms with Crippen LogP contribution in [0.1, 0.15) is 19.8 Å². The number of nitro benzene ring substituents is 1. The molecule has 1 aromatic rings. The molecule has 0 bridgehead atoms. The van der Waals surface area contributed by atoms with Gasteiger partial charge in [0.05, 0.1) is 16.3 Å². The fourth-order valence-corrected chi connectivity index (χ4v) is 2.04. The molecule has 1 N–H and O–H groups in total. The lowest BCUT2D eigenvalue weighted by Gasteiger charge is -2.12. The van der Waals surface area contributed by atoms with Crippen LogP contribution in [-0.4, -0.2) is 22.8 Å². The van der Waals surface area contributed by atoms with Crippen molar-refractivity contribution >= 4 is 29.2 Å². The molecular weight excluding hydrogens is 260 g/mol. The number of carbonyl (C=O) groups is 1. The number of non-ortho nitro benzene ring substituents is 1. The van der Waals surface area contributed by atoms with Crippen molar-refractivity contribution in [1.29, 1.82) is 5.41 Å². The topological polar surface area (TPSA) is 99.7 Å². The van der Waals surface area contributed by atoms with Crippen molar-refractivity contribution < 1.29 is 9.72 Å². The van der Waals surface area contributed by atoms with Crippen molar-refractivity contribution in [2.24, 2.45) is 11.0 Å². The normalized spacial score (nSPS) is 18.1. The minimum Gasteiger partial charge on any atom is -0.312 e. The third-order valence-corrected chi connectivity index (χ3v) is 3.04. The number of amides is 1. The quantitative estimate of drug-likeness (QED) is 0.506. The SMILES string of the molecule is CCCC1=NN(c2ccc([N+](=O)[O-])cc2)C(=O)[C@@H]1C=N. The summed E-state index contributed by atoms with van der Waals surface area (Å²) in [5.41, 5.74) is 1.09. The van der Waals surface area contributed by atoms with Crippen LogP contribution in [0.15, 0.2) is 29.4 Å². The highest BCUT2D eigenvalue weighted by atomic mass is 16.6. The largest absolute Gasteiger partial charge is 0.312 e. The molecule has 0 unspecified atom stereocenters. The molecule has 1 aromatic carbocycles. The summed E-state index contributed by atoms with van der Waals surface area (Å²) in [6.07, 6.45) is 2.57. The number of hydrogen-bond acceptors (Lipinski definition) is 5. The van der Waals surface area contributed by atoms with Crippen molar-refractivity contribution in [2.45, 2.75) is 19.8 Å². The van der Waals surface area contributed by atoms with Crippen LogP contribution in [0.4, 0.5) is 11.4 Å². The molecule has 0 spiro atoms. The first-order chi connectivity index (χ1) is 9.58. The average Bonchev–Trinajstić information content (AvgIpc) is 2.75. The van der Waals surface area contributed by atoms with Gasteiger partial charge in [-0.25, -0.2) is 0 Å². The summed E-state index contributed by atoms with van der Waals surface area (Å²) in [7, 11) is 0. The first-order valence-electron chi connectivity index (χ1n) is 6.25. The first kappa shape index (κ1) is 13.9. The predicted molar refractivity (Wildman–Crippen MR) is 75.2 cm³/mol. The van der Waals surface area contributed by atoms with Crippen molar-refractivity contribution in [3.8, 4) is 0 Å². The summed E-state index contributed by atoms with van der Waals surface area (Å²) in [6.45, 7) is 1.97. The number of nitrogens with one attached hydrogen (secondary N) is 1. The monoisotopic (exact) mass is 274 g/mol. The second-order valence-electron chi connectivity index (χ2n) is 4.41. The number of rotatable bonds is 5. The van der Waals surface area contributed by atoms with Gasteiger partial charge in [-0.1, -0.05) is 13.3 Å². The molecular formula is C13H14N4O3. The Labute approximate surface area is 115 Å². The lowest BCUT2D eigenvalue weighted by atomic mass is 10.0. The highest BCUT2D eigenvalue weighted by Crippen LogP contribution is 2.26. The second kappa shape index (κ2) is 5.60. The van der Waals surface area contributed by atoms with Crippen LogP contribution < -0.4 is 5.01 Å². The van der Waals surface area contributed by atoms with Gasteiger partial charge in [-0.3, -0.25) is 14.9 Å². The van der Waals surface area contributed by atoms with E-state index in [2.05, 4.69) is 5.10 Å². The van der Waals surface area contributed by atoms with Gasteiger partial charge in [0.15, 0.2) is 0 Å². The van der Waals surface area contributed by atoms with E-state index in [4.69, 9.17) is 5.41 Å². The van der Waals surface area contributed by atoms with Gasteiger partial charge in [0.1, 0.15) is 5.92 Å². The maximum atomic E-state index is 12.2. The molecule has 1 atom stereocenters. The van der Waals surface area contributed by atoms with Crippen LogP contribution in [-0.2, 0) is 4.79 Å². The lowest BCUT2D eigenvalue weighted by molar-refractivity contribution is -0.384. The van der Waals surface area contributed by atoms with Crippen molar-refractivity contribution in [2.75, 3.05) is 5.01 Å². The van der Waals surface area contributed by atoms with Crippen LogP contribution in [0.2, 0.25) is 0 Å². The van der Waals surface area contributed by atoms with E-state index in [0.717, 1.165) is 12.6 Å². The Morgan fingerprint density at radius 3 is 2.60 bits per heavy atom. The number of carbonyl (C=O) groups excluding carboxylic acids is 1. The maximum absolute atomic E-state index is 12.2. The zero-order chi connectivity index (χ0) is 14.7. The highest BCUT2D eigenvalue weighted by Gasteiger charge is 2.34. The molecule has 1 heterocycles. The summed E-state index contributed by atoms with van der Waals surface area (Å²) >= 11 is 0. The molecule has 104 valence electrons. The number of anilines is 1. The number of hydrogen-bond donors (Lipinski definition) is 1. The highest BCUT2D eigenvalue weighted by molar-refractivity contribution is 6.23. The van der Waals surface area contributed by atoms with Gasteiger partial charge >= 0.3 is 0 Å². The average molecular weight is 274 g/mol. The van der Waals surface area contributed by atoms with Crippen LogP contribution in [0.25, 0.3) is 0 Å². The molecule has 1 amide bonds. The van der Waals surface area contributed by atoms with E-state index in [-0.39, 0.29) is 11.6 Å². The molecule has 1 aliphatic heterocycles. The molecule has 2 rings (SSSR count). The number of nitro groups is 1. The molecule has 0 fully saturated rings. The number of hydrazone groups is 1. The second-order valence-corrected chi connectivity index (χ2v) is 4.41. The Kier molecular flexibility index (Phi) is 3.88. The lowest BCUT2D eigenvalue weighted by Crippen LogP contribution is -2.28. The molecule has 7 nitrogen and oxygen atoms in total. The smallest absolute Gasteiger partial charge is 0.269 e. The van der Waals surface area contributed by atoms with E-state index < -0.39 is 10.8 Å². The Balaban J connectivity index is 2.30. The summed E-state index contributed by atoms with van der Waals surface area (Å²) in [6, 6.07) is 5.62. The van der Waals surface area contributed by atoms with E-state index in [9.17, 15) is 14.9 Å². The minimum absolute atomic E-state index is 0.0400. The molecule has 0 saturated heterocycles. The molecule has 7 heteroatoms. The van der Waals surface area contributed by atoms with Gasteiger partial charge in [-0.15, -0.1) is 0 Å².